The number of carbonyl (C=O) groups excluding carboxylic acids is 2. The van der Waals surface area contributed by atoms with Crippen LogP contribution < -0.4 is 9.64 Å². The Morgan fingerprint density at radius 2 is 2.13 bits per heavy atom. The maximum Gasteiger partial charge on any atom is 0.308 e. The van der Waals surface area contributed by atoms with Gasteiger partial charge in [0.25, 0.3) is 5.88 Å². The molecule has 0 aliphatic carbocycles. The highest BCUT2D eigenvalue weighted by atomic mass is 35.5. The quantitative estimate of drug-likeness (QED) is 0.870. The van der Waals surface area contributed by atoms with E-state index in [2.05, 4.69) is 0 Å². The lowest BCUT2D eigenvalue weighted by Gasteiger charge is -2.13. The largest absolute Gasteiger partial charge is 0.502 e. The Kier molecular flexibility index (Phi) is 4.00. The number of nitrogens with zero attached hydrogens (tertiary/aromatic N) is 1. The summed E-state index contributed by atoms with van der Waals surface area (Å²) in [5.41, 5.74) is 0.443. The number of furan rings is 1. The smallest absolute Gasteiger partial charge is 0.308 e. The zero-order chi connectivity index (χ0) is 16.6. The number of hydrogen-bond acceptors (Lipinski definition) is 5. The number of rotatable bonds is 3. The zero-order valence-corrected chi connectivity index (χ0v) is 13.1. The summed E-state index contributed by atoms with van der Waals surface area (Å²) in [6, 6.07) is 6.78. The zero-order valence-electron chi connectivity index (χ0n) is 12.3. The van der Waals surface area contributed by atoms with E-state index in [9.17, 15) is 14.7 Å². The molecule has 1 aromatic heterocycles. The van der Waals surface area contributed by atoms with Crippen molar-refractivity contribution in [3.63, 3.8) is 0 Å². The van der Waals surface area contributed by atoms with Crippen LogP contribution in [0.3, 0.4) is 0 Å². The number of benzene rings is 1. The summed E-state index contributed by atoms with van der Waals surface area (Å²) in [5.74, 6) is -1.22. The van der Waals surface area contributed by atoms with Crippen molar-refractivity contribution in [2.24, 2.45) is 0 Å². The lowest BCUT2D eigenvalue weighted by molar-refractivity contribution is -0.132. The van der Waals surface area contributed by atoms with Gasteiger partial charge in [-0.2, -0.15) is 0 Å². The number of aromatic hydroxyl groups is 1. The topological polar surface area (TPSA) is 80.0 Å². The van der Waals surface area contributed by atoms with E-state index in [1.165, 1.54) is 11.8 Å². The molecule has 0 spiro atoms. The molecule has 120 valence electrons. The normalized spacial score (nSPS) is 14.3. The summed E-state index contributed by atoms with van der Waals surface area (Å²) in [6.07, 6.45) is 1.05. The fourth-order valence-electron chi connectivity index (χ4n) is 2.50. The minimum atomic E-state index is -0.625. The highest BCUT2D eigenvalue weighted by Crippen LogP contribution is 2.49. The number of anilines is 1. The van der Waals surface area contributed by atoms with Gasteiger partial charge in [0.15, 0.2) is 5.76 Å². The van der Waals surface area contributed by atoms with Gasteiger partial charge in [-0.15, -0.1) is 0 Å². The molecule has 1 saturated heterocycles. The van der Waals surface area contributed by atoms with Gasteiger partial charge in [0.2, 0.25) is 17.4 Å². The molecular formula is C16H14ClNO5. The molecule has 1 aliphatic heterocycles. The molecule has 3 rings (SSSR count). The van der Waals surface area contributed by atoms with E-state index in [1.807, 2.05) is 0 Å². The monoisotopic (exact) mass is 335 g/mol. The Balaban J connectivity index is 2.15. The molecule has 1 N–H and O–H groups in total. The summed E-state index contributed by atoms with van der Waals surface area (Å²) in [7, 11) is 0. The van der Waals surface area contributed by atoms with E-state index in [4.69, 9.17) is 20.8 Å². The van der Waals surface area contributed by atoms with Crippen LogP contribution in [0.5, 0.6) is 11.5 Å². The molecule has 1 fully saturated rings. The van der Waals surface area contributed by atoms with Crippen molar-refractivity contribution in [1.29, 1.82) is 0 Å². The number of carbonyl (C=O) groups is 2. The Bertz CT molecular complexity index is 783. The van der Waals surface area contributed by atoms with Crippen molar-refractivity contribution in [3.05, 3.63) is 29.3 Å². The third-order valence-corrected chi connectivity index (χ3v) is 3.84. The van der Waals surface area contributed by atoms with Gasteiger partial charge in [0.05, 0.1) is 5.02 Å². The van der Waals surface area contributed by atoms with Gasteiger partial charge in [-0.25, -0.2) is 0 Å². The van der Waals surface area contributed by atoms with E-state index in [1.54, 1.807) is 24.3 Å². The number of ether oxygens (including phenoxy) is 1. The Labute approximate surface area is 137 Å². The van der Waals surface area contributed by atoms with Gasteiger partial charge in [-0.05, 0) is 18.6 Å². The molecule has 1 aliphatic rings. The number of amides is 1. The van der Waals surface area contributed by atoms with Gasteiger partial charge in [0, 0.05) is 25.5 Å². The van der Waals surface area contributed by atoms with E-state index in [-0.39, 0.29) is 29.1 Å². The van der Waals surface area contributed by atoms with Gasteiger partial charge < -0.3 is 14.3 Å². The number of esters is 1. The number of hydrogen-bond donors (Lipinski definition) is 1. The second kappa shape index (κ2) is 5.96. The minimum Gasteiger partial charge on any atom is -0.502 e. The van der Waals surface area contributed by atoms with E-state index >= 15 is 0 Å². The SMILES string of the molecule is CC(=O)Oc1c(N2CCCC2=O)oc(-c2ccccc2Cl)c1O. The van der Waals surface area contributed by atoms with Crippen molar-refractivity contribution >= 4 is 29.4 Å². The maximum atomic E-state index is 12.0. The molecule has 6 nitrogen and oxygen atoms in total. The Morgan fingerprint density at radius 1 is 1.39 bits per heavy atom. The minimum absolute atomic E-state index is 0.0233. The van der Waals surface area contributed by atoms with Crippen LogP contribution in [0.15, 0.2) is 28.7 Å². The van der Waals surface area contributed by atoms with Crippen LogP contribution >= 0.6 is 11.6 Å². The van der Waals surface area contributed by atoms with E-state index in [0.717, 1.165) is 0 Å². The van der Waals surface area contributed by atoms with Crippen LogP contribution in [0.1, 0.15) is 19.8 Å². The molecular weight excluding hydrogens is 322 g/mol. The molecule has 23 heavy (non-hydrogen) atoms. The molecule has 2 heterocycles. The van der Waals surface area contributed by atoms with Crippen LogP contribution in [0.25, 0.3) is 11.3 Å². The highest BCUT2D eigenvalue weighted by molar-refractivity contribution is 6.33. The predicted octanol–water partition coefficient (Wildman–Crippen LogP) is 3.36. The molecule has 0 unspecified atom stereocenters. The lowest BCUT2D eigenvalue weighted by atomic mass is 10.1. The van der Waals surface area contributed by atoms with Crippen LogP contribution in [0.2, 0.25) is 5.02 Å². The average Bonchev–Trinajstić information content (AvgIpc) is 3.05. The Morgan fingerprint density at radius 3 is 2.74 bits per heavy atom. The lowest BCUT2D eigenvalue weighted by Crippen LogP contribution is -2.24. The molecule has 0 atom stereocenters. The second-order valence-electron chi connectivity index (χ2n) is 5.14. The van der Waals surface area contributed by atoms with Gasteiger partial charge in [0.1, 0.15) is 0 Å². The molecule has 0 radical (unpaired) electrons. The van der Waals surface area contributed by atoms with Crippen molar-refractivity contribution in [3.8, 4) is 22.8 Å². The summed E-state index contributed by atoms with van der Waals surface area (Å²) < 4.78 is 10.7. The third-order valence-electron chi connectivity index (χ3n) is 3.51. The summed E-state index contributed by atoms with van der Waals surface area (Å²) in [5, 5.41) is 10.8. The van der Waals surface area contributed by atoms with Crippen molar-refractivity contribution in [2.45, 2.75) is 19.8 Å². The van der Waals surface area contributed by atoms with E-state index in [0.29, 0.717) is 30.0 Å². The van der Waals surface area contributed by atoms with E-state index < -0.39 is 5.97 Å². The molecule has 0 saturated carbocycles. The predicted molar refractivity (Wildman–Crippen MR) is 83.7 cm³/mol. The van der Waals surface area contributed by atoms with Crippen LogP contribution in [-0.4, -0.2) is 23.5 Å². The number of halogens is 1. The summed E-state index contributed by atoms with van der Waals surface area (Å²) in [4.78, 5) is 24.6. The first kappa shape index (κ1) is 15.4. The highest BCUT2D eigenvalue weighted by Gasteiger charge is 2.33. The standard InChI is InChI=1S/C16H14ClNO5/c1-9(19)22-15-13(21)14(10-5-2-3-6-11(10)17)23-16(15)18-8-4-7-12(18)20/h2-3,5-6,21H,4,7-8H2,1H3. The molecule has 1 aromatic carbocycles. The first-order chi connectivity index (χ1) is 11.0. The molecule has 1 amide bonds. The fraction of sp³-hybridized carbons (Fsp3) is 0.250. The van der Waals surface area contributed by atoms with Crippen LogP contribution in [-0.2, 0) is 9.59 Å². The summed E-state index contributed by atoms with van der Waals surface area (Å²) in [6.45, 7) is 1.64. The van der Waals surface area contributed by atoms with Gasteiger partial charge in [-0.1, -0.05) is 23.7 Å². The van der Waals surface area contributed by atoms with Crippen molar-refractivity contribution in [2.75, 3.05) is 11.4 Å². The first-order valence-electron chi connectivity index (χ1n) is 7.08. The first-order valence-corrected chi connectivity index (χ1v) is 7.46. The van der Waals surface area contributed by atoms with Gasteiger partial charge in [-0.3, -0.25) is 14.5 Å². The summed E-state index contributed by atoms with van der Waals surface area (Å²) >= 11 is 6.13. The second-order valence-corrected chi connectivity index (χ2v) is 5.54. The molecule has 7 heteroatoms. The average molecular weight is 336 g/mol. The van der Waals surface area contributed by atoms with Crippen LogP contribution in [0, 0.1) is 0 Å². The Hall–Kier alpha value is -2.47. The van der Waals surface area contributed by atoms with Crippen LogP contribution in [0.4, 0.5) is 5.88 Å². The maximum absolute atomic E-state index is 12.0. The fourth-order valence-corrected chi connectivity index (χ4v) is 2.72. The van der Waals surface area contributed by atoms with Gasteiger partial charge >= 0.3 is 5.97 Å². The molecule has 2 aromatic rings. The third kappa shape index (κ3) is 2.77. The van der Waals surface area contributed by atoms with Crippen molar-refractivity contribution < 1.29 is 23.8 Å². The van der Waals surface area contributed by atoms with Crippen molar-refractivity contribution in [1.82, 2.24) is 0 Å². The molecule has 0 bridgehead atoms.